The molecule has 7 rings (SSSR count). The lowest BCUT2D eigenvalue weighted by atomic mass is 9.79. The Bertz CT molecular complexity index is 1660. The molecule has 1 aromatic heterocycles. The van der Waals surface area contributed by atoms with Crippen molar-refractivity contribution < 1.29 is 23.2 Å². The molecule has 3 aromatic rings. The molecule has 2 N–H and O–H groups in total. The number of carbonyl (C=O) groups is 3. The number of halogens is 2. The summed E-state index contributed by atoms with van der Waals surface area (Å²) in [5.74, 6) is -0.571. The number of amides is 3. The highest BCUT2D eigenvalue weighted by Crippen LogP contribution is 2.47. The smallest absolute Gasteiger partial charge is 0.244 e. The number of aromatic nitrogens is 1. The van der Waals surface area contributed by atoms with Gasteiger partial charge in [-0.05, 0) is 105 Å². The van der Waals surface area contributed by atoms with Crippen LogP contribution in [0.5, 0.6) is 0 Å². The number of piperidine rings is 1. The molecule has 2 spiro atoms. The number of pyridine rings is 1. The van der Waals surface area contributed by atoms with Gasteiger partial charge in [-0.3, -0.25) is 19.3 Å². The number of hydrogen-bond donors (Lipinski definition) is 2. The van der Waals surface area contributed by atoms with Crippen LogP contribution in [0.2, 0.25) is 0 Å². The number of alkyl halides is 1. The summed E-state index contributed by atoms with van der Waals surface area (Å²) >= 11 is 0. The maximum atomic E-state index is 14.4. The summed E-state index contributed by atoms with van der Waals surface area (Å²) in [5, 5.41) is 5.86. The van der Waals surface area contributed by atoms with Gasteiger partial charge in [-0.15, -0.1) is 0 Å². The van der Waals surface area contributed by atoms with E-state index in [0.717, 1.165) is 35.7 Å². The molecule has 1 aliphatic carbocycles. The van der Waals surface area contributed by atoms with Crippen molar-refractivity contribution >= 4 is 29.2 Å². The number of likely N-dealkylation sites (N-methyl/N-ethyl adjacent to an activating group) is 1. The third-order valence-electron chi connectivity index (χ3n) is 9.98. The standard InChI is InChI=1S/C33H33F2N5O3/c1-39-11-3-8-33(39)9-7-27(22-12-20(18-34)13-24(35)14-22)40(31(33)43)19-28(41)37-25-6-5-21-16-32(17-23(21)15-25)26-4-2-10-36-29(26)38-30(32)42/h2,4-6,10,12-15,27H,3,7-9,11,16-19H2,1H3,(H,37,41)(H,36,38,42). The third kappa shape index (κ3) is 4.42. The van der Waals surface area contributed by atoms with Gasteiger partial charge in [0.2, 0.25) is 17.7 Å². The summed E-state index contributed by atoms with van der Waals surface area (Å²) in [6, 6.07) is 12.9. The van der Waals surface area contributed by atoms with Crippen LogP contribution in [0.4, 0.5) is 20.3 Å². The van der Waals surface area contributed by atoms with Crippen LogP contribution >= 0.6 is 0 Å². The van der Waals surface area contributed by atoms with Crippen molar-refractivity contribution in [1.29, 1.82) is 0 Å². The van der Waals surface area contributed by atoms with Crippen molar-refractivity contribution in [2.45, 2.75) is 62.2 Å². The minimum absolute atomic E-state index is 0.0725. The number of likely N-dealkylation sites (tertiary alicyclic amines) is 2. The fourth-order valence-corrected chi connectivity index (χ4v) is 7.82. The molecule has 222 valence electrons. The van der Waals surface area contributed by atoms with Gasteiger partial charge >= 0.3 is 0 Å². The molecule has 2 aromatic carbocycles. The maximum Gasteiger partial charge on any atom is 0.244 e. The van der Waals surface area contributed by atoms with Crippen LogP contribution in [-0.2, 0) is 39.3 Å². The molecule has 3 amide bonds. The Morgan fingerprint density at radius 3 is 2.74 bits per heavy atom. The second-order valence-corrected chi connectivity index (χ2v) is 12.4. The SMILES string of the molecule is CN1CCCC12CCC(c1cc(F)cc(CF)c1)N(CC(=O)Nc1ccc3c(c1)CC1(C3)C(=O)Nc3ncccc31)C2=O. The second kappa shape index (κ2) is 10.2. The number of carbonyl (C=O) groups excluding carboxylic acids is 3. The molecule has 2 fully saturated rings. The van der Waals surface area contributed by atoms with Crippen LogP contribution in [0.1, 0.15) is 59.5 Å². The van der Waals surface area contributed by atoms with E-state index in [0.29, 0.717) is 49.2 Å². The average molecular weight is 586 g/mol. The van der Waals surface area contributed by atoms with E-state index in [1.54, 1.807) is 17.2 Å². The van der Waals surface area contributed by atoms with Crippen LogP contribution in [0.15, 0.2) is 54.7 Å². The first-order valence-electron chi connectivity index (χ1n) is 14.8. The number of rotatable bonds is 5. The molecule has 3 unspecified atom stereocenters. The maximum absolute atomic E-state index is 14.4. The molecule has 0 radical (unpaired) electrons. The van der Waals surface area contributed by atoms with Crippen molar-refractivity contribution in [3.63, 3.8) is 0 Å². The van der Waals surface area contributed by atoms with Crippen molar-refractivity contribution in [3.8, 4) is 0 Å². The van der Waals surface area contributed by atoms with Gasteiger partial charge in [0.15, 0.2) is 0 Å². The first-order chi connectivity index (χ1) is 20.7. The number of benzene rings is 2. The zero-order chi connectivity index (χ0) is 29.9. The summed E-state index contributed by atoms with van der Waals surface area (Å²) in [6.07, 6.45) is 5.41. The Kier molecular flexibility index (Phi) is 6.57. The van der Waals surface area contributed by atoms with E-state index in [2.05, 4.69) is 20.5 Å². The van der Waals surface area contributed by atoms with Crippen molar-refractivity contribution in [2.75, 3.05) is 30.8 Å². The molecule has 3 aliphatic heterocycles. The van der Waals surface area contributed by atoms with E-state index >= 15 is 0 Å². The number of nitrogens with one attached hydrogen (secondary N) is 2. The van der Waals surface area contributed by atoms with E-state index in [1.807, 2.05) is 37.4 Å². The quantitative estimate of drug-likeness (QED) is 0.462. The van der Waals surface area contributed by atoms with E-state index in [-0.39, 0.29) is 29.8 Å². The minimum Gasteiger partial charge on any atom is -0.325 e. The van der Waals surface area contributed by atoms with Crippen molar-refractivity contribution in [1.82, 2.24) is 14.8 Å². The lowest BCUT2D eigenvalue weighted by Gasteiger charge is -2.47. The van der Waals surface area contributed by atoms with Crippen LogP contribution < -0.4 is 10.6 Å². The van der Waals surface area contributed by atoms with Crippen LogP contribution in [0.25, 0.3) is 0 Å². The van der Waals surface area contributed by atoms with Gasteiger partial charge in [0, 0.05) is 17.4 Å². The highest BCUT2D eigenvalue weighted by atomic mass is 19.1. The third-order valence-corrected chi connectivity index (χ3v) is 9.98. The lowest BCUT2D eigenvalue weighted by molar-refractivity contribution is -0.152. The zero-order valence-corrected chi connectivity index (χ0v) is 24.0. The van der Waals surface area contributed by atoms with Crippen molar-refractivity contribution in [2.24, 2.45) is 0 Å². The summed E-state index contributed by atoms with van der Waals surface area (Å²) in [4.78, 5) is 48.6. The lowest BCUT2D eigenvalue weighted by Crippen LogP contribution is -2.60. The van der Waals surface area contributed by atoms with Crippen LogP contribution in [-0.4, -0.2) is 58.2 Å². The Balaban J connectivity index is 1.13. The molecule has 3 atom stereocenters. The first-order valence-corrected chi connectivity index (χ1v) is 14.8. The van der Waals surface area contributed by atoms with E-state index in [4.69, 9.17) is 0 Å². The van der Waals surface area contributed by atoms with Gasteiger partial charge in [0.1, 0.15) is 30.4 Å². The van der Waals surface area contributed by atoms with E-state index in [9.17, 15) is 23.2 Å². The van der Waals surface area contributed by atoms with Gasteiger partial charge in [-0.2, -0.15) is 0 Å². The van der Waals surface area contributed by atoms with Gasteiger partial charge in [0.25, 0.3) is 0 Å². The molecule has 0 saturated carbocycles. The van der Waals surface area contributed by atoms with Crippen LogP contribution in [0, 0.1) is 5.82 Å². The molecule has 4 heterocycles. The normalized spacial score (nSPS) is 26.2. The molecule has 4 aliphatic rings. The Hall–Kier alpha value is -4.18. The molecule has 43 heavy (non-hydrogen) atoms. The summed E-state index contributed by atoms with van der Waals surface area (Å²) < 4.78 is 28.0. The monoisotopic (exact) mass is 585 g/mol. The van der Waals surface area contributed by atoms with Crippen molar-refractivity contribution in [3.05, 3.63) is 88.4 Å². The molecule has 0 bridgehead atoms. The predicted octanol–water partition coefficient (Wildman–Crippen LogP) is 4.45. The zero-order valence-electron chi connectivity index (χ0n) is 24.0. The predicted molar refractivity (Wildman–Crippen MR) is 157 cm³/mol. The molecule has 10 heteroatoms. The molecule has 2 saturated heterocycles. The van der Waals surface area contributed by atoms with E-state index < -0.39 is 29.5 Å². The van der Waals surface area contributed by atoms with Gasteiger partial charge < -0.3 is 15.5 Å². The number of anilines is 2. The topological polar surface area (TPSA) is 94.6 Å². The van der Waals surface area contributed by atoms with E-state index in [1.165, 1.54) is 6.07 Å². The largest absolute Gasteiger partial charge is 0.325 e. The number of nitrogens with zero attached hydrogens (tertiary/aromatic N) is 3. The van der Waals surface area contributed by atoms with Gasteiger partial charge in [0.05, 0.1) is 11.5 Å². The number of fused-ring (bicyclic) bond motifs is 3. The Morgan fingerprint density at radius 1 is 1.12 bits per heavy atom. The first kappa shape index (κ1) is 27.6. The Labute approximate surface area is 248 Å². The molecular formula is C33H33F2N5O3. The van der Waals surface area contributed by atoms with Gasteiger partial charge in [-0.1, -0.05) is 18.2 Å². The molecule has 8 nitrogen and oxygen atoms in total. The summed E-state index contributed by atoms with van der Waals surface area (Å²) in [5.41, 5.74) is 2.76. The Morgan fingerprint density at radius 2 is 1.95 bits per heavy atom. The highest BCUT2D eigenvalue weighted by molar-refractivity contribution is 6.06. The summed E-state index contributed by atoms with van der Waals surface area (Å²) in [7, 11) is 1.93. The second-order valence-electron chi connectivity index (χ2n) is 12.4. The van der Waals surface area contributed by atoms with Crippen LogP contribution in [0.3, 0.4) is 0 Å². The fraction of sp³-hybridized carbons (Fsp3) is 0.394. The average Bonchev–Trinajstić information content (AvgIpc) is 3.64. The number of hydrogen-bond acceptors (Lipinski definition) is 5. The minimum atomic E-state index is -0.818. The highest BCUT2D eigenvalue weighted by Gasteiger charge is 2.53. The molecular weight excluding hydrogens is 552 g/mol. The summed E-state index contributed by atoms with van der Waals surface area (Å²) in [6.45, 7) is -0.247. The fourth-order valence-electron chi connectivity index (χ4n) is 7.82. The van der Waals surface area contributed by atoms with Gasteiger partial charge in [-0.25, -0.2) is 13.8 Å².